The van der Waals surface area contributed by atoms with Crippen LogP contribution in [0.5, 0.6) is 0 Å². The van der Waals surface area contributed by atoms with Gasteiger partial charge in [0, 0.05) is 62.2 Å². The molecule has 0 aromatic carbocycles. The number of anilines is 1. The Morgan fingerprint density at radius 2 is 1.90 bits per heavy atom. The summed E-state index contributed by atoms with van der Waals surface area (Å²) < 4.78 is 7.66. The molecule has 0 aliphatic carbocycles. The number of piperidine rings is 1. The number of nitrogens with one attached hydrogen (secondary N) is 1. The van der Waals surface area contributed by atoms with Gasteiger partial charge in [0.15, 0.2) is 0 Å². The first-order valence-electron chi connectivity index (χ1n) is 10.3. The standard InChI is InChI=1S/C21H27N5O4/c27-20(23-16-5-10-24(11-6-16)17-3-7-22-8-4-17)15-30-14-19-18-2-1-9-25(18)12-13-26(19)21(28)29/h1-4,7-9,16,19H,5-6,10-15H2,(H,23,27)(H,28,29). The van der Waals surface area contributed by atoms with Gasteiger partial charge in [0.25, 0.3) is 0 Å². The first-order valence-corrected chi connectivity index (χ1v) is 10.3. The Morgan fingerprint density at radius 3 is 2.63 bits per heavy atom. The summed E-state index contributed by atoms with van der Waals surface area (Å²) in [6.07, 6.45) is 6.28. The van der Waals surface area contributed by atoms with Crippen molar-refractivity contribution in [3.05, 3.63) is 48.5 Å². The predicted molar refractivity (Wildman–Crippen MR) is 110 cm³/mol. The molecule has 160 valence electrons. The number of ether oxygens (including phenoxy) is 1. The summed E-state index contributed by atoms with van der Waals surface area (Å²) in [6.45, 7) is 2.88. The van der Waals surface area contributed by atoms with E-state index < -0.39 is 12.1 Å². The molecular weight excluding hydrogens is 386 g/mol. The van der Waals surface area contributed by atoms with Crippen LogP contribution in [0.4, 0.5) is 10.5 Å². The van der Waals surface area contributed by atoms with E-state index in [1.807, 2.05) is 35.0 Å². The van der Waals surface area contributed by atoms with Gasteiger partial charge in [-0.3, -0.25) is 14.7 Å². The zero-order valence-electron chi connectivity index (χ0n) is 16.8. The molecule has 0 bridgehead atoms. The molecule has 1 fully saturated rings. The van der Waals surface area contributed by atoms with E-state index in [2.05, 4.69) is 15.2 Å². The maximum atomic E-state index is 12.3. The van der Waals surface area contributed by atoms with E-state index in [1.54, 1.807) is 12.4 Å². The smallest absolute Gasteiger partial charge is 0.408 e. The summed E-state index contributed by atoms with van der Waals surface area (Å²) in [6, 6.07) is 7.52. The zero-order chi connectivity index (χ0) is 20.9. The lowest BCUT2D eigenvalue weighted by Gasteiger charge is -2.35. The number of hydrogen-bond acceptors (Lipinski definition) is 5. The molecule has 2 aromatic heterocycles. The van der Waals surface area contributed by atoms with Crippen LogP contribution < -0.4 is 10.2 Å². The molecule has 0 spiro atoms. The maximum absolute atomic E-state index is 12.3. The Kier molecular flexibility index (Phi) is 6.18. The number of pyridine rings is 1. The van der Waals surface area contributed by atoms with Crippen molar-refractivity contribution >= 4 is 17.7 Å². The van der Waals surface area contributed by atoms with Crippen molar-refractivity contribution in [3.8, 4) is 0 Å². The molecule has 2 aromatic rings. The van der Waals surface area contributed by atoms with Gasteiger partial charge in [-0.05, 0) is 37.1 Å². The number of nitrogens with zero attached hydrogens (tertiary/aromatic N) is 4. The first kappa shape index (κ1) is 20.2. The van der Waals surface area contributed by atoms with Gasteiger partial charge in [-0.1, -0.05) is 0 Å². The lowest BCUT2D eigenvalue weighted by atomic mass is 10.0. The van der Waals surface area contributed by atoms with Crippen LogP contribution in [0.1, 0.15) is 24.6 Å². The first-order chi connectivity index (χ1) is 14.6. The number of carbonyl (C=O) groups excluding carboxylic acids is 1. The Labute approximate surface area is 175 Å². The van der Waals surface area contributed by atoms with Crippen LogP contribution in [-0.2, 0) is 16.1 Å². The van der Waals surface area contributed by atoms with Crippen molar-refractivity contribution in [3.63, 3.8) is 0 Å². The molecule has 30 heavy (non-hydrogen) atoms. The van der Waals surface area contributed by atoms with Gasteiger partial charge in [-0.2, -0.15) is 0 Å². The van der Waals surface area contributed by atoms with Crippen molar-refractivity contribution in [1.82, 2.24) is 19.8 Å². The van der Waals surface area contributed by atoms with Crippen LogP contribution in [0.25, 0.3) is 0 Å². The van der Waals surface area contributed by atoms with Crippen LogP contribution in [0.15, 0.2) is 42.9 Å². The molecule has 2 N–H and O–H groups in total. The number of aromatic nitrogens is 2. The van der Waals surface area contributed by atoms with Crippen LogP contribution in [-0.4, -0.2) is 70.4 Å². The molecule has 2 aliphatic heterocycles. The maximum Gasteiger partial charge on any atom is 0.408 e. The van der Waals surface area contributed by atoms with Crippen LogP contribution in [0.2, 0.25) is 0 Å². The number of amides is 2. The lowest BCUT2D eigenvalue weighted by Crippen LogP contribution is -2.46. The second kappa shape index (κ2) is 9.17. The van der Waals surface area contributed by atoms with Crippen LogP contribution in [0, 0.1) is 0 Å². The second-order valence-corrected chi connectivity index (χ2v) is 7.67. The van der Waals surface area contributed by atoms with Gasteiger partial charge in [0.1, 0.15) is 6.61 Å². The summed E-state index contributed by atoms with van der Waals surface area (Å²) in [5, 5.41) is 12.5. The molecular formula is C21H27N5O4. The highest BCUT2D eigenvalue weighted by atomic mass is 16.5. The van der Waals surface area contributed by atoms with Crippen molar-refractivity contribution in [1.29, 1.82) is 0 Å². The molecule has 1 unspecified atom stereocenters. The molecule has 1 saturated heterocycles. The summed E-state index contributed by atoms with van der Waals surface area (Å²) in [5.41, 5.74) is 2.05. The van der Waals surface area contributed by atoms with E-state index in [9.17, 15) is 14.7 Å². The zero-order valence-corrected chi connectivity index (χ0v) is 16.8. The third-order valence-electron chi connectivity index (χ3n) is 5.81. The van der Waals surface area contributed by atoms with E-state index >= 15 is 0 Å². The topological polar surface area (TPSA) is 99.9 Å². The Bertz CT molecular complexity index is 863. The summed E-state index contributed by atoms with van der Waals surface area (Å²) in [5.74, 6) is -0.162. The third-order valence-corrected chi connectivity index (χ3v) is 5.81. The molecule has 2 aliphatic rings. The highest BCUT2D eigenvalue weighted by Crippen LogP contribution is 2.26. The molecule has 2 amide bonds. The van der Waals surface area contributed by atoms with Gasteiger partial charge < -0.3 is 24.6 Å². The van der Waals surface area contributed by atoms with Crippen LogP contribution in [0.3, 0.4) is 0 Å². The minimum atomic E-state index is -0.971. The van der Waals surface area contributed by atoms with E-state index in [1.165, 1.54) is 4.90 Å². The predicted octanol–water partition coefficient (Wildman–Crippen LogP) is 1.72. The van der Waals surface area contributed by atoms with E-state index in [0.717, 1.165) is 37.3 Å². The minimum absolute atomic E-state index is 0.0742. The van der Waals surface area contributed by atoms with Gasteiger partial charge >= 0.3 is 6.09 Å². The number of hydrogen-bond donors (Lipinski definition) is 2. The fourth-order valence-corrected chi connectivity index (χ4v) is 4.24. The average Bonchev–Trinajstić information content (AvgIpc) is 3.24. The molecule has 9 nitrogen and oxygen atoms in total. The Balaban J connectivity index is 1.22. The molecule has 1 atom stereocenters. The van der Waals surface area contributed by atoms with E-state index in [4.69, 9.17) is 4.74 Å². The van der Waals surface area contributed by atoms with E-state index in [0.29, 0.717) is 13.1 Å². The molecule has 9 heteroatoms. The van der Waals surface area contributed by atoms with E-state index in [-0.39, 0.29) is 25.2 Å². The third kappa shape index (κ3) is 4.56. The number of carbonyl (C=O) groups is 2. The quantitative estimate of drug-likeness (QED) is 0.748. The number of rotatable bonds is 6. The molecule has 0 saturated carbocycles. The summed E-state index contributed by atoms with van der Waals surface area (Å²) >= 11 is 0. The highest BCUT2D eigenvalue weighted by molar-refractivity contribution is 5.77. The SMILES string of the molecule is O=C(COCC1c2cccn2CCN1C(=O)O)NC1CCN(c2ccncc2)CC1. The normalized spacial score (nSPS) is 19.4. The van der Waals surface area contributed by atoms with Crippen LogP contribution >= 0.6 is 0 Å². The monoisotopic (exact) mass is 413 g/mol. The Morgan fingerprint density at radius 1 is 1.13 bits per heavy atom. The highest BCUT2D eigenvalue weighted by Gasteiger charge is 2.31. The minimum Gasteiger partial charge on any atom is -0.465 e. The van der Waals surface area contributed by atoms with Crippen molar-refractivity contribution in [2.75, 3.05) is 37.7 Å². The molecule has 0 radical (unpaired) electrons. The van der Waals surface area contributed by atoms with Crippen molar-refractivity contribution in [2.45, 2.75) is 31.5 Å². The lowest BCUT2D eigenvalue weighted by molar-refractivity contribution is -0.127. The fraction of sp³-hybridized carbons (Fsp3) is 0.476. The van der Waals surface area contributed by atoms with Gasteiger partial charge in [-0.25, -0.2) is 4.79 Å². The van der Waals surface area contributed by atoms with Gasteiger partial charge in [-0.15, -0.1) is 0 Å². The second-order valence-electron chi connectivity index (χ2n) is 7.67. The van der Waals surface area contributed by atoms with Gasteiger partial charge in [0.05, 0.1) is 12.6 Å². The number of fused-ring (bicyclic) bond motifs is 1. The number of carboxylic acid groups (broad SMARTS) is 1. The largest absolute Gasteiger partial charge is 0.465 e. The van der Waals surface area contributed by atoms with Gasteiger partial charge in [0.2, 0.25) is 5.91 Å². The summed E-state index contributed by atoms with van der Waals surface area (Å²) in [7, 11) is 0. The molecule has 4 rings (SSSR count). The van der Waals surface area contributed by atoms with Crippen molar-refractivity contribution in [2.24, 2.45) is 0 Å². The Hall–Kier alpha value is -3.07. The van der Waals surface area contributed by atoms with Crippen molar-refractivity contribution < 1.29 is 19.4 Å². The summed E-state index contributed by atoms with van der Waals surface area (Å²) in [4.78, 5) is 31.6. The molecule has 4 heterocycles. The average molecular weight is 413 g/mol. The fourth-order valence-electron chi connectivity index (χ4n) is 4.24.